The van der Waals surface area contributed by atoms with Gasteiger partial charge in [0, 0.05) is 18.9 Å². The molecule has 0 saturated heterocycles. The fourth-order valence-corrected chi connectivity index (χ4v) is 1.66. The van der Waals surface area contributed by atoms with E-state index in [4.69, 9.17) is 9.47 Å². The van der Waals surface area contributed by atoms with Gasteiger partial charge in [0.2, 0.25) is 0 Å². The van der Waals surface area contributed by atoms with E-state index in [-0.39, 0.29) is 17.6 Å². The van der Waals surface area contributed by atoms with Crippen molar-refractivity contribution in [3.05, 3.63) is 24.0 Å². The highest BCUT2D eigenvalue weighted by molar-refractivity contribution is 5.48. The zero-order valence-corrected chi connectivity index (χ0v) is 11.5. The summed E-state index contributed by atoms with van der Waals surface area (Å²) in [7, 11) is 1.66. The van der Waals surface area contributed by atoms with Gasteiger partial charge in [-0.2, -0.15) is 0 Å². The van der Waals surface area contributed by atoms with Gasteiger partial charge < -0.3 is 14.8 Å². The fourth-order valence-electron chi connectivity index (χ4n) is 1.66. The quantitative estimate of drug-likeness (QED) is 0.811. The lowest BCUT2D eigenvalue weighted by Gasteiger charge is -2.23. The van der Waals surface area contributed by atoms with Gasteiger partial charge in [-0.15, -0.1) is 0 Å². The SMILES string of the molecule is CCOc1ccc(NC(COC)C(C)C)cc1F. The number of hydrogen-bond acceptors (Lipinski definition) is 3. The van der Waals surface area contributed by atoms with Crippen LogP contribution in [-0.4, -0.2) is 26.4 Å². The summed E-state index contributed by atoms with van der Waals surface area (Å²) in [6, 6.07) is 5.08. The van der Waals surface area contributed by atoms with Crippen LogP contribution < -0.4 is 10.1 Å². The Bertz CT molecular complexity index is 369. The van der Waals surface area contributed by atoms with Crippen LogP contribution >= 0.6 is 0 Å². The maximum atomic E-state index is 13.7. The smallest absolute Gasteiger partial charge is 0.167 e. The van der Waals surface area contributed by atoms with Crippen LogP contribution in [0.3, 0.4) is 0 Å². The second-order valence-electron chi connectivity index (χ2n) is 4.53. The maximum absolute atomic E-state index is 13.7. The van der Waals surface area contributed by atoms with Crippen molar-refractivity contribution in [1.29, 1.82) is 0 Å². The Labute approximate surface area is 108 Å². The Morgan fingerprint density at radius 1 is 1.33 bits per heavy atom. The number of nitrogens with one attached hydrogen (secondary N) is 1. The Kier molecular flexibility index (Phi) is 5.92. The van der Waals surface area contributed by atoms with Gasteiger partial charge in [0.05, 0.1) is 19.3 Å². The molecule has 0 heterocycles. The third-order valence-corrected chi connectivity index (χ3v) is 2.73. The number of anilines is 1. The summed E-state index contributed by atoms with van der Waals surface area (Å²) >= 11 is 0. The zero-order valence-electron chi connectivity index (χ0n) is 11.5. The monoisotopic (exact) mass is 255 g/mol. The van der Waals surface area contributed by atoms with Crippen molar-refractivity contribution >= 4 is 5.69 Å². The molecule has 1 unspecified atom stereocenters. The average molecular weight is 255 g/mol. The first kappa shape index (κ1) is 14.8. The molecule has 0 aliphatic carbocycles. The van der Waals surface area contributed by atoms with Crippen molar-refractivity contribution in [2.75, 3.05) is 25.6 Å². The third kappa shape index (κ3) is 4.18. The van der Waals surface area contributed by atoms with Gasteiger partial charge in [-0.1, -0.05) is 13.8 Å². The molecule has 3 nitrogen and oxygen atoms in total. The first-order valence-electron chi connectivity index (χ1n) is 6.26. The lowest BCUT2D eigenvalue weighted by Crippen LogP contribution is -2.30. The van der Waals surface area contributed by atoms with Crippen LogP contribution in [0.4, 0.5) is 10.1 Å². The first-order chi connectivity index (χ1) is 8.58. The first-order valence-corrected chi connectivity index (χ1v) is 6.26. The summed E-state index contributed by atoms with van der Waals surface area (Å²) in [5.74, 6) is 0.345. The lowest BCUT2D eigenvalue weighted by molar-refractivity contribution is 0.171. The molecule has 1 atom stereocenters. The molecule has 0 fully saturated rings. The summed E-state index contributed by atoms with van der Waals surface area (Å²) in [5, 5.41) is 3.27. The van der Waals surface area contributed by atoms with Gasteiger partial charge in [0.25, 0.3) is 0 Å². The van der Waals surface area contributed by atoms with Gasteiger partial charge in [0.15, 0.2) is 11.6 Å². The topological polar surface area (TPSA) is 30.5 Å². The molecule has 102 valence electrons. The predicted octanol–water partition coefficient (Wildman–Crippen LogP) is 3.31. The van der Waals surface area contributed by atoms with Crippen molar-refractivity contribution in [1.82, 2.24) is 0 Å². The van der Waals surface area contributed by atoms with Gasteiger partial charge in [-0.3, -0.25) is 0 Å². The second kappa shape index (κ2) is 7.21. The molecule has 1 aromatic rings. The van der Waals surface area contributed by atoms with Crippen LogP contribution in [0.1, 0.15) is 20.8 Å². The minimum Gasteiger partial charge on any atom is -0.491 e. The van der Waals surface area contributed by atoms with E-state index < -0.39 is 0 Å². The normalized spacial score (nSPS) is 12.6. The Morgan fingerprint density at radius 3 is 2.56 bits per heavy atom. The van der Waals surface area contributed by atoms with Crippen LogP contribution in [0.5, 0.6) is 5.75 Å². The third-order valence-electron chi connectivity index (χ3n) is 2.73. The van der Waals surface area contributed by atoms with Gasteiger partial charge in [0.1, 0.15) is 0 Å². The van der Waals surface area contributed by atoms with E-state index in [1.807, 2.05) is 13.0 Å². The fraction of sp³-hybridized carbons (Fsp3) is 0.571. The summed E-state index contributed by atoms with van der Waals surface area (Å²) in [5.41, 5.74) is 0.742. The molecule has 0 amide bonds. The Balaban J connectivity index is 2.74. The molecule has 0 saturated carbocycles. The number of benzene rings is 1. The van der Waals surface area contributed by atoms with Crippen molar-refractivity contribution in [3.63, 3.8) is 0 Å². The predicted molar refractivity (Wildman–Crippen MR) is 71.7 cm³/mol. The van der Waals surface area contributed by atoms with E-state index >= 15 is 0 Å². The Morgan fingerprint density at radius 2 is 2.06 bits per heavy atom. The van der Waals surface area contributed by atoms with E-state index in [2.05, 4.69) is 19.2 Å². The van der Waals surface area contributed by atoms with Crippen LogP contribution in [0.2, 0.25) is 0 Å². The van der Waals surface area contributed by atoms with Gasteiger partial charge >= 0.3 is 0 Å². The summed E-state index contributed by atoms with van der Waals surface area (Å²) < 4.78 is 24.0. The van der Waals surface area contributed by atoms with E-state index in [0.29, 0.717) is 19.1 Å². The Hall–Kier alpha value is -1.29. The molecule has 1 rings (SSSR count). The van der Waals surface area contributed by atoms with E-state index in [1.54, 1.807) is 13.2 Å². The van der Waals surface area contributed by atoms with Crippen molar-refractivity contribution < 1.29 is 13.9 Å². The highest BCUT2D eigenvalue weighted by Gasteiger charge is 2.13. The minimum atomic E-state index is -0.346. The number of methoxy groups -OCH3 is 1. The number of halogens is 1. The molecule has 0 spiro atoms. The highest BCUT2D eigenvalue weighted by atomic mass is 19.1. The van der Waals surface area contributed by atoms with Crippen molar-refractivity contribution in [2.24, 2.45) is 5.92 Å². The minimum absolute atomic E-state index is 0.160. The highest BCUT2D eigenvalue weighted by Crippen LogP contribution is 2.22. The summed E-state index contributed by atoms with van der Waals surface area (Å²) in [6.45, 7) is 7.08. The van der Waals surface area contributed by atoms with Crippen LogP contribution in [0.25, 0.3) is 0 Å². The van der Waals surface area contributed by atoms with Gasteiger partial charge in [-0.25, -0.2) is 4.39 Å². The van der Waals surface area contributed by atoms with Crippen LogP contribution in [-0.2, 0) is 4.74 Å². The molecular weight excluding hydrogens is 233 g/mol. The van der Waals surface area contributed by atoms with Crippen molar-refractivity contribution in [3.8, 4) is 5.75 Å². The number of ether oxygens (including phenoxy) is 2. The molecule has 18 heavy (non-hydrogen) atoms. The van der Waals surface area contributed by atoms with Gasteiger partial charge in [-0.05, 0) is 25.0 Å². The standard InChI is InChI=1S/C14H22FNO2/c1-5-18-14-7-6-11(8-12(14)15)16-13(9-17-4)10(2)3/h6-8,10,13,16H,5,9H2,1-4H3. The molecule has 1 aromatic carbocycles. The summed E-state index contributed by atoms with van der Waals surface area (Å²) in [6.07, 6.45) is 0. The molecule has 0 radical (unpaired) electrons. The van der Waals surface area contributed by atoms with E-state index in [0.717, 1.165) is 5.69 Å². The van der Waals surface area contributed by atoms with Crippen LogP contribution in [0, 0.1) is 11.7 Å². The zero-order chi connectivity index (χ0) is 13.5. The molecule has 0 aliphatic heterocycles. The lowest BCUT2D eigenvalue weighted by atomic mass is 10.1. The largest absolute Gasteiger partial charge is 0.491 e. The van der Waals surface area contributed by atoms with Crippen molar-refractivity contribution in [2.45, 2.75) is 26.8 Å². The van der Waals surface area contributed by atoms with Crippen LogP contribution in [0.15, 0.2) is 18.2 Å². The maximum Gasteiger partial charge on any atom is 0.167 e. The van der Waals surface area contributed by atoms with E-state index in [1.165, 1.54) is 6.07 Å². The molecule has 0 aliphatic rings. The number of hydrogen-bond donors (Lipinski definition) is 1. The summed E-state index contributed by atoms with van der Waals surface area (Å²) in [4.78, 5) is 0. The molecule has 1 N–H and O–H groups in total. The molecule has 0 aromatic heterocycles. The second-order valence-corrected chi connectivity index (χ2v) is 4.53. The van der Waals surface area contributed by atoms with E-state index in [9.17, 15) is 4.39 Å². The average Bonchev–Trinajstić information content (AvgIpc) is 2.32. The molecule has 0 bridgehead atoms. The number of rotatable bonds is 7. The molecular formula is C14H22FNO2. The molecule has 4 heteroatoms.